The van der Waals surface area contributed by atoms with Gasteiger partial charge < -0.3 is 24.4 Å². The summed E-state index contributed by atoms with van der Waals surface area (Å²) in [5.41, 5.74) is 2.25. The molecular formula is C34H41N5O5. The molecule has 232 valence electrons. The average Bonchev–Trinajstić information content (AvgIpc) is 3.60. The van der Waals surface area contributed by atoms with Crippen molar-refractivity contribution in [3.8, 4) is 11.5 Å². The third kappa shape index (κ3) is 4.58. The van der Waals surface area contributed by atoms with Crippen molar-refractivity contribution in [2.24, 2.45) is 5.92 Å². The van der Waals surface area contributed by atoms with E-state index >= 15 is 0 Å². The molecule has 44 heavy (non-hydrogen) atoms. The molecule has 0 aromatic heterocycles. The van der Waals surface area contributed by atoms with Crippen LogP contribution in [0.15, 0.2) is 54.6 Å². The van der Waals surface area contributed by atoms with Crippen LogP contribution in [0.25, 0.3) is 10.8 Å². The van der Waals surface area contributed by atoms with Gasteiger partial charge in [0.2, 0.25) is 0 Å². The summed E-state index contributed by atoms with van der Waals surface area (Å²) < 4.78 is 10.7. The molecule has 0 bridgehead atoms. The van der Waals surface area contributed by atoms with E-state index in [9.17, 15) is 14.7 Å². The molecule has 0 saturated carbocycles. The van der Waals surface area contributed by atoms with Crippen molar-refractivity contribution < 1.29 is 24.2 Å². The number of methoxy groups -OCH3 is 1. The van der Waals surface area contributed by atoms with E-state index in [2.05, 4.69) is 51.1 Å². The molecule has 0 radical (unpaired) electrons. The second kappa shape index (κ2) is 11.3. The van der Waals surface area contributed by atoms with Crippen LogP contribution < -0.4 is 9.64 Å². The molecule has 4 heterocycles. The molecule has 4 aliphatic heterocycles. The van der Waals surface area contributed by atoms with Gasteiger partial charge in [-0.2, -0.15) is 0 Å². The number of rotatable bonds is 8. The van der Waals surface area contributed by atoms with Crippen LogP contribution in [0.5, 0.6) is 11.5 Å². The number of ether oxygens (including phenoxy) is 2. The summed E-state index contributed by atoms with van der Waals surface area (Å²) in [7, 11) is 5.62. The maximum Gasteiger partial charge on any atom is 0.328 e. The van der Waals surface area contributed by atoms with E-state index in [0.717, 1.165) is 47.1 Å². The Morgan fingerprint density at radius 2 is 1.77 bits per heavy atom. The number of phenols is 1. The highest BCUT2D eigenvalue weighted by Gasteiger charge is 2.70. The molecule has 4 saturated heterocycles. The highest BCUT2D eigenvalue weighted by atomic mass is 16.5. The number of amides is 3. The Morgan fingerprint density at radius 3 is 2.50 bits per heavy atom. The number of carbonyl (C=O) groups is 2. The number of fused-ring (bicyclic) bond motifs is 1. The number of morpholine rings is 1. The minimum Gasteiger partial charge on any atom is -0.504 e. The van der Waals surface area contributed by atoms with Gasteiger partial charge in [0.05, 0.1) is 26.4 Å². The number of hydrogen-bond acceptors (Lipinski definition) is 8. The van der Waals surface area contributed by atoms with Crippen LogP contribution >= 0.6 is 0 Å². The Hall–Kier alpha value is -3.86. The van der Waals surface area contributed by atoms with Gasteiger partial charge in [-0.1, -0.05) is 36.4 Å². The fraction of sp³-hybridized carbons (Fsp3) is 0.471. The van der Waals surface area contributed by atoms with Gasteiger partial charge in [-0.25, -0.2) is 4.79 Å². The molecule has 0 aliphatic carbocycles. The highest BCUT2D eigenvalue weighted by Crippen LogP contribution is 2.56. The molecule has 1 N–H and O–H groups in total. The zero-order valence-corrected chi connectivity index (χ0v) is 25.7. The fourth-order valence-corrected chi connectivity index (χ4v) is 8.02. The number of aromatic hydroxyl groups is 1. The van der Waals surface area contributed by atoms with Crippen LogP contribution in [0.3, 0.4) is 0 Å². The van der Waals surface area contributed by atoms with Crippen LogP contribution in [0.2, 0.25) is 0 Å². The molecular weight excluding hydrogens is 558 g/mol. The predicted octanol–water partition coefficient (Wildman–Crippen LogP) is 3.53. The van der Waals surface area contributed by atoms with Crippen molar-refractivity contribution in [1.29, 1.82) is 0 Å². The zero-order chi connectivity index (χ0) is 30.6. The number of nitrogens with zero attached hydrogens (tertiary/aromatic N) is 5. The normalized spacial score (nSPS) is 25.6. The lowest BCUT2D eigenvalue weighted by atomic mass is 9.87. The molecule has 3 amide bonds. The molecule has 4 fully saturated rings. The second-order valence-corrected chi connectivity index (χ2v) is 12.7. The molecule has 4 aliphatic rings. The predicted molar refractivity (Wildman–Crippen MR) is 168 cm³/mol. The largest absolute Gasteiger partial charge is 0.504 e. The van der Waals surface area contributed by atoms with Gasteiger partial charge in [-0.15, -0.1) is 0 Å². The maximum absolute atomic E-state index is 14.5. The Balaban J connectivity index is 1.23. The van der Waals surface area contributed by atoms with Gasteiger partial charge in [0, 0.05) is 76.9 Å². The maximum atomic E-state index is 14.5. The van der Waals surface area contributed by atoms with E-state index in [1.165, 1.54) is 12.0 Å². The lowest BCUT2D eigenvalue weighted by Gasteiger charge is -2.32. The standard InChI is InChI=1S/C34H41N5O5/c1-35(2)28-10-9-27(25-6-4-5-7-26(25)28)29-19-24-21-37(20-23-8-11-31(43-3)30(40)18-23)22-34(24)32(41)38(33(42)39(29)34)13-12-36-14-16-44-17-15-36/h4-11,18,24,29,40H,12-17,19-22H2,1-3H3. The molecule has 3 aromatic carbocycles. The molecule has 10 heteroatoms. The van der Waals surface area contributed by atoms with Crippen molar-refractivity contribution in [2.45, 2.75) is 24.5 Å². The summed E-state index contributed by atoms with van der Waals surface area (Å²) in [6.07, 6.45) is 0.727. The Labute approximate surface area is 258 Å². The molecule has 3 aromatic rings. The van der Waals surface area contributed by atoms with Crippen molar-refractivity contribution in [2.75, 3.05) is 78.6 Å². The Bertz CT molecular complexity index is 1590. The van der Waals surface area contributed by atoms with E-state index in [1.807, 2.05) is 25.1 Å². The van der Waals surface area contributed by atoms with Gasteiger partial charge in [-0.05, 0) is 41.1 Å². The number of phenolic OH excluding ortho intramolecular Hbond substituents is 1. The third-order valence-electron chi connectivity index (χ3n) is 10.1. The van der Waals surface area contributed by atoms with Gasteiger partial charge in [0.15, 0.2) is 11.5 Å². The lowest BCUT2D eigenvalue weighted by molar-refractivity contribution is -0.133. The lowest BCUT2D eigenvalue weighted by Crippen LogP contribution is -2.51. The topological polar surface area (TPSA) is 89.0 Å². The van der Waals surface area contributed by atoms with Gasteiger partial charge >= 0.3 is 6.03 Å². The van der Waals surface area contributed by atoms with Gasteiger partial charge in [0.25, 0.3) is 5.91 Å². The summed E-state index contributed by atoms with van der Waals surface area (Å²) in [6.45, 7) is 5.73. The van der Waals surface area contributed by atoms with Crippen LogP contribution in [0, 0.1) is 5.92 Å². The van der Waals surface area contributed by atoms with Crippen LogP contribution in [-0.2, 0) is 16.1 Å². The number of likely N-dealkylation sites (tertiary alicyclic amines) is 1. The van der Waals surface area contributed by atoms with Crippen LogP contribution in [0.1, 0.15) is 23.6 Å². The summed E-state index contributed by atoms with van der Waals surface area (Å²) in [5, 5.41) is 12.6. The van der Waals surface area contributed by atoms with Crippen LogP contribution in [0.4, 0.5) is 10.5 Å². The minimum absolute atomic E-state index is 0.00327. The van der Waals surface area contributed by atoms with Crippen LogP contribution in [-0.4, -0.2) is 116 Å². The summed E-state index contributed by atoms with van der Waals surface area (Å²) in [5.74, 6) is 0.451. The van der Waals surface area contributed by atoms with E-state index in [-0.39, 0.29) is 29.6 Å². The first-order valence-electron chi connectivity index (χ1n) is 15.5. The highest BCUT2D eigenvalue weighted by molar-refractivity contribution is 6.09. The summed E-state index contributed by atoms with van der Waals surface area (Å²) >= 11 is 0. The Morgan fingerprint density at radius 1 is 1.00 bits per heavy atom. The van der Waals surface area contributed by atoms with Crippen molar-refractivity contribution in [3.63, 3.8) is 0 Å². The first kappa shape index (κ1) is 28.9. The summed E-state index contributed by atoms with van der Waals surface area (Å²) in [6, 6.07) is 17.7. The molecule has 10 nitrogen and oxygen atoms in total. The van der Waals surface area contributed by atoms with E-state index < -0.39 is 5.54 Å². The quantitative estimate of drug-likeness (QED) is 0.394. The fourth-order valence-electron chi connectivity index (χ4n) is 8.02. The number of imide groups is 1. The number of carbonyl (C=O) groups excluding carboxylic acids is 2. The zero-order valence-electron chi connectivity index (χ0n) is 25.7. The first-order valence-corrected chi connectivity index (χ1v) is 15.5. The Kier molecular flexibility index (Phi) is 7.39. The van der Waals surface area contributed by atoms with Gasteiger partial charge in [-0.3, -0.25) is 19.5 Å². The van der Waals surface area contributed by atoms with Crippen molar-refractivity contribution >= 4 is 28.4 Å². The van der Waals surface area contributed by atoms with E-state index in [1.54, 1.807) is 12.1 Å². The van der Waals surface area contributed by atoms with E-state index in [0.29, 0.717) is 51.7 Å². The monoisotopic (exact) mass is 599 g/mol. The smallest absolute Gasteiger partial charge is 0.328 e. The minimum atomic E-state index is -0.914. The number of urea groups is 1. The molecule has 3 atom stereocenters. The molecule has 3 unspecified atom stereocenters. The molecule has 1 spiro atoms. The van der Waals surface area contributed by atoms with Gasteiger partial charge in [0.1, 0.15) is 5.54 Å². The number of hydrogen-bond donors (Lipinski definition) is 1. The molecule has 7 rings (SSSR count). The third-order valence-corrected chi connectivity index (χ3v) is 10.1. The number of benzene rings is 3. The first-order chi connectivity index (χ1) is 21.3. The number of anilines is 1. The van der Waals surface area contributed by atoms with Crippen molar-refractivity contribution in [3.05, 3.63) is 65.7 Å². The summed E-state index contributed by atoms with van der Waals surface area (Å²) in [4.78, 5) is 39.0. The van der Waals surface area contributed by atoms with Crippen molar-refractivity contribution in [1.82, 2.24) is 19.6 Å². The average molecular weight is 600 g/mol. The second-order valence-electron chi connectivity index (χ2n) is 12.7. The van der Waals surface area contributed by atoms with E-state index in [4.69, 9.17) is 9.47 Å². The SMILES string of the molecule is COc1ccc(CN2CC3CC(c4ccc(N(C)C)c5ccccc45)N4C(=O)N(CCN5CCOCC5)C(=O)C34C2)cc1O.